The normalized spacial score (nSPS) is 11.8. The van der Waals surface area contributed by atoms with Crippen LogP contribution in [-0.2, 0) is 22.6 Å². The first-order chi connectivity index (χ1) is 17.2. The molecule has 0 radical (unpaired) electrons. The van der Waals surface area contributed by atoms with Crippen molar-refractivity contribution >= 4 is 50.9 Å². The summed E-state index contributed by atoms with van der Waals surface area (Å²) < 4.78 is 6.66. The van der Waals surface area contributed by atoms with Crippen molar-refractivity contribution in [3.63, 3.8) is 0 Å². The molecule has 0 bridgehead atoms. The predicted molar refractivity (Wildman–Crippen MR) is 149 cm³/mol. The summed E-state index contributed by atoms with van der Waals surface area (Å²) in [5, 5.41) is 3.61. The van der Waals surface area contributed by atoms with Crippen molar-refractivity contribution in [2.75, 3.05) is 13.7 Å². The average molecular weight is 592 g/mol. The minimum absolute atomic E-state index is 0.122. The lowest BCUT2D eigenvalue weighted by atomic mass is 10.0. The summed E-state index contributed by atoms with van der Waals surface area (Å²) in [6.07, 6.45) is 0.338. The van der Waals surface area contributed by atoms with E-state index in [0.717, 1.165) is 15.6 Å². The number of nitrogens with zero attached hydrogens (tertiary/aromatic N) is 1. The summed E-state index contributed by atoms with van der Waals surface area (Å²) in [7, 11) is 1.56. The number of hydrogen-bond acceptors (Lipinski definition) is 3. The Bertz CT molecular complexity index is 1200. The lowest BCUT2D eigenvalue weighted by Crippen LogP contribution is -2.51. The quantitative estimate of drug-likeness (QED) is 0.287. The minimum atomic E-state index is -0.771. The molecule has 0 heterocycles. The molecule has 2 amide bonds. The van der Waals surface area contributed by atoms with Gasteiger partial charge in [0.15, 0.2) is 6.61 Å². The van der Waals surface area contributed by atoms with Gasteiger partial charge in [-0.1, -0.05) is 79.5 Å². The Morgan fingerprint density at radius 2 is 1.75 bits per heavy atom. The fraction of sp³-hybridized carbons (Fsp3) is 0.286. The number of benzene rings is 3. The molecule has 0 fully saturated rings. The first-order valence-electron chi connectivity index (χ1n) is 11.6. The summed E-state index contributed by atoms with van der Waals surface area (Å²) in [5.41, 5.74) is 2.76. The van der Waals surface area contributed by atoms with Crippen LogP contribution >= 0.6 is 39.1 Å². The zero-order valence-corrected chi connectivity index (χ0v) is 23.5. The average Bonchev–Trinajstić information content (AvgIpc) is 2.86. The number of hydrogen-bond donors (Lipinski definition) is 1. The summed E-state index contributed by atoms with van der Waals surface area (Å²) >= 11 is 16.0. The third kappa shape index (κ3) is 7.48. The van der Waals surface area contributed by atoms with Gasteiger partial charge in [-0.15, -0.1) is 0 Å². The van der Waals surface area contributed by atoms with Gasteiger partial charge in [-0.2, -0.15) is 0 Å². The molecule has 0 spiro atoms. The van der Waals surface area contributed by atoms with Crippen LogP contribution in [0.2, 0.25) is 10.0 Å². The summed E-state index contributed by atoms with van der Waals surface area (Å²) in [6, 6.07) is 19.7. The Kier molecular flexibility index (Phi) is 10.2. The van der Waals surface area contributed by atoms with E-state index in [0.29, 0.717) is 33.7 Å². The number of halogens is 3. The number of carbonyl (C=O) groups excluding carboxylic acids is 2. The maximum absolute atomic E-state index is 13.6. The monoisotopic (exact) mass is 590 g/mol. The maximum Gasteiger partial charge on any atom is 0.261 e. The molecule has 3 rings (SSSR count). The Balaban J connectivity index is 1.90. The van der Waals surface area contributed by atoms with E-state index in [1.54, 1.807) is 25.2 Å². The van der Waals surface area contributed by atoms with Crippen LogP contribution in [0.1, 0.15) is 36.5 Å². The number of rotatable bonds is 10. The van der Waals surface area contributed by atoms with E-state index < -0.39 is 6.04 Å². The number of nitrogens with one attached hydrogen (secondary N) is 1. The second-order valence-corrected chi connectivity index (χ2v) is 10.4. The van der Waals surface area contributed by atoms with Crippen LogP contribution in [0.3, 0.4) is 0 Å². The molecular formula is C28H29BrCl2N2O3. The number of amides is 2. The summed E-state index contributed by atoms with van der Waals surface area (Å²) in [6.45, 7) is 4.10. The van der Waals surface area contributed by atoms with Gasteiger partial charge in [0.05, 0.1) is 4.47 Å². The first kappa shape index (κ1) is 28.0. The van der Waals surface area contributed by atoms with Crippen LogP contribution in [0.25, 0.3) is 0 Å². The molecule has 0 aliphatic heterocycles. The van der Waals surface area contributed by atoms with E-state index in [9.17, 15) is 9.59 Å². The van der Waals surface area contributed by atoms with Gasteiger partial charge in [0, 0.05) is 30.1 Å². The second kappa shape index (κ2) is 13.1. The van der Waals surface area contributed by atoms with Crippen molar-refractivity contribution in [1.82, 2.24) is 10.2 Å². The van der Waals surface area contributed by atoms with Crippen LogP contribution in [0, 0.1) is 0 Å². The van der Waals surface area contributed by atoms with Crippen molar-refractivity contribution < 1.29 is 14.3 Å². The largest absolute Gasteiger partial charge is 0.483 e. The van der Waals surface area contributed by atoms with Gasteiger partial charge in [-0.3, -0.25) is 9.59 Å². The lowest BCUT2D eigenvalue weighted by Gasteiger charge is -2.31. The fourth-order valence-electron chi connectivity index (χ4n) is 3.77. The van der Waals surface area contributed by atoms with Crippen LogP contribution in [0.5, 0.6) is 5.75 Å². The number of carbonyl (C=O) groups is 2. The van der Waals surface area contributed by atoms with E-state index in [2.05, 4.69) is 35.1 Å². The van der Waals surface area contributed by atoms with Crippen LogP contribution < -0.4 is 10.1 Å². The second-order valence-electron chi connectivity index (χ2n) is 8.71. The Labute approximate surface area is 230 Å². The van der Waals surface area contributed by atoms with Crippen LogP contribution in [0.4, 0.5) is 0 Å². The summed E-state index contributed by atoms with van der Waals surface area (Å²) in [4.78, 5) is 28.1. The molecule has 0 aromatic heterocycles. The molecule has 36 heavy (non-hydrogen) atoms. The molecule has 3 aromatic rings. The van der Waals surface area contributed by atoms with Gasteiger partial charge in [0.25, 0.3) is 5.91 Å². The highest BCUT2D eigenvalue weighted by Crippen LogP contribution is 2.29. The highest BCUT2D eigenvalue weighted by Gasteiger charge is 2.30. The number of likely N-dealkylation sites (N-methyl/N-ethyl adjacent to an activating group) is 1. The zero-order valence-electron chi connectivity index (χ0n) is 20.4. The van der Waals surface area contributed by atoms with Crippen LogP contribution in [-0.4, -0.2) is 36.4 Å². The predicted octanol–water partition coefficient (Wildman–Crippen LogP) is 6.64. The molecular weight excluding hydrogens is 563 g/mol. The smallest absolute Gasteiger partial charge is 0.261 e. The van der Waals surface area contributed by atoms with Crippen molar-refractivity contribution in [3.05, 3.63) is 97.9 Å². The minimum Gasteiger partial charge on any atom is -0.483 e. The van der Waals surface area contributed by atoms with Gasteiger partial charge < -0.3 is 15.0 Å². The van der Waals surface area contributed by atoms with E-state index in [1.807, 2.05) is 48.5 Å². The fourth-order valence-corrected chi connectivity index (χ4v) is 4.75. The van der Waals surface area contributed by atoms with Crippen LogP contribution in [0.15, 0.2) is 71.2 Å². The van der Waals surface area contributed by atoms with E-state index >= 15 is 0 Å². The molecule has 1 atom stereocenters. The van der Waals surface area contributed by atoms with Gasteiger partial charge in [0.2, 0.25) is 5.91 Å². The Hall–Kier alpha value is -2.54. The molecule has 0 aliphatic carbocycles. The SMILES string of the molecule is CNC(=O)C(Cc1ccccc1)N(Cc1ccc(Cl)cc1Cl)C(=O)COc1ccc(C(C)C)cc1Br. The third-order valence-electron chi connectivity index (χ3n) is 5.85. The standard InChI is InChI=1S/C28H29BrCl2N2O3/c1-18(2)20-10-12-26(23(29)14-20)36-17-27(34)33(16-21-9-11-22(30)15-24(21)31)25(28(35)32-3)13-19-7-5-4-6-8-19/h4-12,14-15,18,25H,13,16-17H2,1-3H3,(H,32,35). The molecule has 5 nitrogen and oxygen atoms in total. The zero-order chi connectivity index (χ0) is 26.2. The van der Waals surface area contributed by atoms with E-state index in [-0.39, 0.29) is 25.0 Å². The molecule has 190 valence electrons. The van der Waals surface area contributed by atoms with E-state index in [1.165, 1.54) is 4.90 Å². The topological polar surface area (TPSA) is 58.6 Å². The maximum atomic E-state index is 13.6. The lowest BCUT2D eigenvalue weighted by molar-refractivity contribution is -0.142. The van der Waals surface area contributed by atoms with Gasteiger partial charge in [-0.05, 0) is 62.8 Å². The van der Waals surface area contributed by atoms with Gasteiger partial charge >= 0.3 is 0 Å². The Morgan fingerprint density at radius 1 is 1.03 bits per heavy atom. The number of ether oxygens (including phenoxy) is 1. The highest BCUT2D eigenvalue weighted by atomic mass is 79.9. The van der Waals surface area contributed by atoms with Crippen molar-refractivity contribution in [1.29, 1.82) is 0 Å². The third-order valence-corrected chi connectivity index (χ3v) is 7.05. The first-order valence-corrected chi connectivity index (χ1v) is 13.2. The molecule has 0 aliphatic rings. The molecule has 8 heteroatoms. The molecule has 1 N–H and O–H groups in total. The molecule has 3 aromatic carbocycles. The molecule has 0 saturated carbocycles. The summed E-state index contributed by atoms with van der Waals surface area (Å²) in [5.74, 6) is 0.296. The van der Waals surface area contributed by atoms with Gasteiger partial charge in [-0.25, -0.2) is 0 Å². The van der Waals surface area contributed by atoms with E-state index in [4.69, 9.17) is 27.9 Å². The van der Waals surface area contributed by atoms with Crippen molar-refractivity contribution in [2.45, 2.75) is 38.8 Å². The van der Waals surface area contributed by atoms with Crippen molar-refractivity contribution in [2.24, 2.45) is 0 Å². The van der Waals surface area contributed by atoms with Gasteiger partial charge in [0.1, 0.15) is 11.8 Å². The highest BCUT2D eigenvalue weighted by molar-refractivity contribution is 9.10. The molecule has 0 saturated heterocycles. The van der Waals surface area contributed by atoms with Crippen molar-refractivity contribution in [3.8, 4) is 5.75 Å². The Morgan fingerprint density at radius 3 is 2.36 bits per heavy atom. The molecule has 1 unspecified atom stereocenters.